The monoisotopic (exact) mass is 224 g/mol. The van der Waals surface area contributed by atoms with Crippen LogP contribution >= 0.6 is 0 Å². The first-order valence-electron chi connectivity index (χ1n) is 5.22. The Morgan fingerprint density at radius 3 is 2.53 bits per heavy atom. The van der Waals surface area contributed by atoms with Crippen molar-refractivity contribution in [1.29, 1.82) is 0 Å². The van der Waals surface area contributed by atoms with E-state index in [0.717, 1.165) is 18.4 Å². The summed E-state index contributed by atoms with van der Waals surface area (Å²) < 4.78 is 5.50. The minimum atomic E-state index is -3.41. The first-order valence-corrected chi connectivity index (χ1v) is 7.23. The topological polar surface area (TPSA) is 49.7 Å². The predicted octanol–water partition coefficient (Wildman–Crippen LogP) is 1.64. The molecule has 0 aromatic heterocycles. The van der Waals surface area contributed by atoms with Gasteiger partial charge in [0.1, 0.15) is 0 Å². The Morgan fingerprint density at radius 1 is 1.27 bits per heavy atom. The molecule has 1 heterocycles. The summed E-state index contributed by atoms with van der Waals surface area (Å²) in [5.74, 6) is 0. The van der Waals surface area contributed by atoms with Crippen molar-refractivity contribution < 1.29 is 14.0 Å². The molecule has 2 N–H and O–H groups in total. The molecule has 1 aromatic carbocycles. The Morgan fingerprint density at radius 2 is 1.93 bits per heavy atom. The number of rotatable bonds is 1. The molecule has 2 rings (SSSR count). The molecule has 15 heavy (non-hydrogen) atoms. The van der Waals surface area contributed by atoms with Gasteiger partial charge in [-0.15, -0.1) is 0 Å². The Balaban J connectivity index is 2.27. The maximum Gasteiger partial charge on any atom is 0.496 e. The molecule has 1 unspecified atom stereocenters. The Bertz CT molecular complexity index is 339. The normalized spacial score (nSPS) is 30.1. The smallest absolute Gasteiger partial charge is 0.390 e. The van der Waals surface area contributed by atoms with E-state index in [9.17, 15) is 9.59 Å². The van der Waals surface area contributed by atoms with E-state index >= 15 is 0 Å². The molecular formula is C11H16O3Si. The number of hydrogen-bond acceptors (Lipinski definition) is 3. The zero-order valence-electron chi connectivity index (χ0n) is 8.81. The van der Waals surface area contributed by atoms with Crippen LogP contribution < -0.4 is 0 Å². The van der Waals surface area contributed by atoms with Crippen molar-refractivity contribution in [1.82, 2.24) is 0 Å². The third-order valence-corrected chi connectivity index (χ3v) is 4.71. The van der Waals surface area contributed by atoms with Crippen molar-refractivity contribution in [2.75, 3.05) is 0 Å². The highest BCUT2D eigenvalue weighted by Crippen LogP contribution is 2.38. The second-order valence-corrected chi connectivity index (χ2v) is 6.49. The molecule has 1 atom stereocenters. The van der Waals surface area contributed by atoms with Gasteiger partial charge in [-0.25, -0.2) is 0 Å². The van der Waals surface area contributed by atoms with Gasteiger partial charge in [-0.3, -0.25) is 0 Å². The van der Waals surface area contributed by atoms with Crippen LogP contribution in [-0.2, 0) is 10.0 Å². The summed E-state index contributed by atoms with van der Waals surface area (Å²) in [7, 11) is -3.41. The molecule has 0 spiro atoms. The van der Waals surface area contributed by atoms with Crippen molar-refractivity contribution >= 4 is 8.80 Å². The zero-order valence-corrected chi connectivity index (χ0v) is 9.81. The molecule has 1 aliphatic heterocycles. The van der Waals surface area contributed by atoms with E-state index in [2.05, 4.69) is 0 Å². The van der Waals surface area contributed by atoms with Gasteiger partial charge in [-0.1, -0.05) is 30.3 Å². The van der Waals surface area contributed by atoms with E-state index in [-0.39, 0.29) is 0 Å². The van der Waals surface area contributed by atoms with E-state index in [1.54, 1.807) is 0 Å². The molecule has 4 heteroatoms. The quantitative estimate of drug-likeness (QED) is 0.713. The van der Waals surface area contributed by atoms with E-state index in [4.69, 9.17) is 4.43 Å². The molecule has 82 valence electrons. The molecule has 0 saturated carbocycles. The van der Waals surface area contributed by atoms with Gasteiger partial charge >= 0.3 is 8.80 Å². The Hall–Kier alpha value is -0.683. The van der Waals surface area contributed by atoms with E-state index < -0.39 is 14.4 Å². The highest BCUT2D eigenvalue weighted by molar-refractivity contribution is 6.58. The lowest BCUT2D eigenvalue weighted by Gasteiger charge is -2.39. The fourth-order valence-electron chi connectivity index (χ4n) is 2.11. The summed E-state index contributed by atoms with van der Waals surface area (Å²) in [6.07, 6.45) is 1.65. The summed E-state index contributed by atoms with van der Waals surface area (Å²) in [6.45, 7) is 1.93. The maximum atomic E-state index is 9.64. The summed E-state index contributed by atoms with van der Waals surface area (Å²) >= 11 is 0. The molecular weight excluding hydrogens is 208 g/mol. The lowest BCUT2D eigenvalue weighted by Crippen LogP contribution is -2.49. The van der Waals surface area contributed by atoms with Crippen LogP contribution in [0.25, 0.3) is 0 Å². The zero-order chi connectivity index (χ0) is 10.9. The molecule has 0 amide bonds. The number of hydrogen-bond donors (Lipinski definition) is 2. The van der Waals surface area contributed by atoms with Crippen molar-refractivity contribution in [3.63, 3.8) is 0 Å². The summed E-state index contributed by atoms with van der Waals surface area (Å²) in [6, 6.07) is 10.2. The van der Waals surface area contributed by atoms with Gasteiger partial charge in [0, 0.05) is 6.04 Å². The fraction of sp³-hybridized carbons (Fsp3) is 0.455. The molecule has 1 fully saturated rings. The van der Waals surface area contributed by atoms with Crippen molar-refractivity contribution in [2.24, 2.45) is 0 Å². The minimum absolute atomic E-state index is 0.412. The molecule has 1 saturated heterocycles. The first-order chi connectivity index (χ1) is 7.02. The lowest BCUT2D eigenvalue weighted by atomic mass is 9.91. The second kappa shape index (κ2) is 3.72. The fourth-order valence-corrected chi connectivity index (χ4v) is 3.79. The lowest BCUT2D eigenvalue weighted by molar-refractivity contribution is -0.0155. The van der Waals surface area contributed by atoms with E-state index in [1.165, 1.54) is 0 Å². The van der Waals surface area contributed by atoms with Crippen LogP contribution in [0.4, 0.5) is 0 Å². The molecule has 0 aliphatic carbocycles. The van der Waals surface area contributed by atoms with Crippen LogP contribution in [0.5, 0.6) is 0 Å². The molecule has 3 nitrogen and oxygen atoms in total. The van der Waals surface area contributed by atoms with Gasteiger partial charge in [-0.2, -0.15) is 0 Å². The molecule has 1 aliphatic rings. The Kier molecular flexibility index (Phi) is 2.68. The van der Waals surface area contributed by atoms with Crippen LogP contribution in [0.15, 0.2) is 30.3 Å². The van der Waals surface area contributed by atoms with Crippen LogP contribution in [0, 0.1) is 0 Å². The maximum absolute atomic E-state index is 9.64. The van der Waals surface area contributed by atoms with Gasteiger partial charge in [-0.05, 0) is 25.3 Å². The average molecular weight is 224 g/mol. The minimum Gasteiger partial charge on any atom is -0.390 e. The summed E-state index contributed by atoms with van der Waals surface area (Å²) in [4.78, 5) is 19.3. The van der Waals surface area contributed by atoms with Crippen molar-refractivity contribution in [2.45, 2.75) is 31.4 Å². The molecule has 0 radical (unpaired) electrons. The van der Waals surface area contributed by atoms with Crippen LogP contribution in [0.3, 0.4) is 0 Å². The van der Waals surface area contributed by atoms with E-state index in [1.807, 2.05) is 37.3 Å². The van der Waals surface area contributed by atoms with Crippen LogP contribution in [0.2, 0.25) is 6.04 Å². The largest absolute Gasteiger partial charge is 0.496 e. The van der Waals surface area contributed by atoms with Gasteiger partial charge in [0.05, 0.1) is 5.60 Å². The predicted molar refractivity (Wildman–Crippen MR) is 59.1 cm³/mol. The Labute approximate surface area is 90.7 Å². The SMILES string of the molecule is CC1(c2ccccc2)CCC[Si](O)(O)O1. The van der Waals surface area contributed by atoms with Crippen molar-refractivity contribution in [3.05, 3.63) is 35.9 Å². The third kappa shape index (κ3) is 2.29. The van der Waals surface area contributed by atoms with Crippen LogP contribution in [0.1, 0.15) is 25.3 Å². The summed E-state index contributed by atoms with van der Waals surface area (Å²) in [5.41, 5.74) is 0.486. The van der Waals surface area contributed by atoms with Crippen LogP contribution in [-0.4, -0.2) is 18.4 Å². The van der Waals surface area contributed by atoms with Gasteiger partial charge < -0.3 is 14.0 Å². The highest BCUT2D eigenvalue weighted by atomic mass is 28.4. The molecule has 1 aromatic rings. The molecule has 0 bridgehead atoms. The van der Waals surface area contributed by atoms with Gasteiger partial charge in [0.2, 0.25) is 0 Å². The van der Waals surface area contributed by atoms with Gasteiger partial charge in [0.15, 0.2) is 0 Å². The van der Waals surface area contributed by atoms with E-state index in [0.29, 0.717) is 6.04 Å². The third-order valence-electron chi connectivity index (χ3n) is 2.93. The standard InChI is InChI=1S/C11H16O3Si/c1-11(10-6-3-2-4-7-10)8-5-9-15(12,13)14-11/h2-4,6-7,12-13H,5,8-9H2,1H3. The number of benzene rings is 1. The first kappa shape index (κ1) is 10.8. The van der Waals surface area contributed by atoms with Gasteiger partial charge in [0.25, 0.3) is 0 Å². The second-order valence-electron chi connectivity index (χ2n) is 4.30. The average Bonchev–Trinajstić information content (AvgIpc) is 2.17. The highest BCUT2D eigenvalue weighted by Gasteiger charge is 2.45. The summed E-state index contributed by atoms with van der Waals surface area (Å²) in [5, 5.41) is 0. The van der Waals surface area contributed by atoms with Crippen molar-refractivity contribution in [3.8, 4) is 0 Å².